The van der Waals surface area contributed by atoms with Gasteiger partial charge in [-0.3, -0.25) is 4.79 Å². The molecule has 2 atom stereocenters. The van der Waals surface area contributed by atoms with Crippen LogP contribution < -0.4 is 0 Å². The predicted molar refractivity (Wildman–Crippen MR) is 97.3 cm³/mol. The number of nitrogens with zero attached hydrogens (tertiary/aromatic N) is 5. The van der Waals surface area contributed by atoms with E-state index >= 15 is 0 Å². The summed E-state index contributed by atoms with van der Waals surface area (Å²) < 4.78 is 4.88. The van der Waals surface area contributed by atoms with Crippen LogP contribution in [0.2, 0.25) is 0 Å². The molecule has 144 valence electrons. The maximum atomic E-state index is 13.3. The molecule has 3 aromatic rings. The molecule has 0 bridgehead atoms. The van der Waals surface area contributed by atoms with Crippen molar-refractivity contribution in [1.82, 2.24) is 25.1 Å². The third-order valence-electron chi connectivity index (χ3n) is 5.07. The number of likely N-dealkylation sites (tertiary alicyclic amines) is 1. The van der Waals surface area contributed by atoms with Gasteiger partial charge in [0.25, 0.3) is 5.91 Å². The zero-order chi connectivity index (χ0) is 19.7. The van der Waals surface area contributed by atoms with Crippen LogP contribution in [0.25, 0.3) is 5.69 Å². The first kappa shape index (κ1) is 17.9. The molecule has 2 aromatic heterocycles. The number of carbonyl (C=O) groups is 2. The molecule has 1 aliphatic rings. The van der Waals surface area contributed by atoms with Gasteiger partial charge in [0.1, 0.15) is 0 Å². The fraction of sp³-hybridized carbons (Fsp3) is 0.316. The van der Waals surface area contributed by atoms with Crippen LogP contribution in [0, 0.1) is 0 Å². The lowest BCUT2D eigenvalue weighted by Crippen LogP contribution is -2.45. The van der Waals surface area contributed by atoms with Crippen molar-refractivity contribution >= 4 is 11.9 Å². The normalized spacial score (nSPS) is 19.5. The minimum absolute atomic E-state index is 0.0493. The Hall–Kier alpha value is -3.49. The van der Waals surface area contributed by atoms with Crippen molar-refractivity contribution in [2.24, 2.45) is 0 Å². The zero-order valence-electron chi connectivity index (χ0n) is 15.2. The molecule has 4 rings (SSSR count). The van der Waals surface area contributed by atoms with Gasteiger partial charge < -0.3 is 14.5 Å². The van der Waals surface area contributed by atoms with Crippen molar-refractivity contribution in [3.8, 4) is 5.69 Å². The molecule has 1 amide bonds. The molecule has 1 fully saturated rings. The second kappa shape index (κ2) is 7.26. The second-order valence-corrected chi connectivity index (χ2v) is 6.84. The molecular weight excluding hydrogens is 362 g/mol. The lowest BCUT2D eigenvalue weighted by Gasteiger charge is -2.37. The Labute approximate surface area is 160 Å². The standard InChI is InChI=1S/C19H19N5O4/c1-12-6-7-13(15-10-17(19(26)27)28-22-15)11-23(12)18(25)14-4-2-3-5-16(14)24-20-8-9-21-24/h2-5,8-10,12-13H,6-7,11H2,1H3,(H,26,27)/t12-,13-/m1/s1. The number of rotatable bonds is 4. The van der Waals surface area contributed by atoms with Crippen LogP contribution >= 0.6 is 0 Å². The summed E-state index contributed by atoms with van der Waals surface area (Å²) in [7, 11) is 0. The second-order valence-electron chi connectivity index (χ2n) is 6.84. The molecule has 3 heterocycles. The summed E-state index contributed by atoms with van der Waals surface area (Å²) in [5.41, 5.74) is 1.68. The molecule has 0 unspecified atom stereocenters. The maximum absolute atomic E-state index is 13.3. The number of benzene rings is 1. The number of aromatic carboxylic acids is 1. The number of para-hydroxylation sites is 1. The van der Waals surface area contributed by atoms with Crippen LogP contribution in [0.4, 0.5) is 0 Å². The average Bonchev–Trinajstić information content (AvgIpc) is 3.40. The number of carboxylic acids is 1. The molecule has 0 aliphatic carbocycles. The minimum atomic E-state index is -1.16. The van der Waals surface area contributed by atoms with Gasteiger partial charge >= 0.3 is 5.97 Å². The maximum Gasteiger partial charge on any atom is 0.374 e. The molecule has 9 heteroatoms. The fourth-order valence-electron chi connectivity index (χ4n) is 3.54. The van der Waals surface area contributed by atoms with Gasteiger partial charge in [0.15, 0.2) is 0 Å². The number of aromatic nitrogens is 4. The highest BCUT2D eigenvalue weighted by atomic mass is 16.5. The number of amides is 1. The Balaban J connectivity index is 1.61. The van der Waals surface area contributed by atoms with E-state index in [0.717, 1.165) is 12.8 Å². The lowest BCUT2D eigenvalue weighted by molar-refractivity contribution is 0.0606. The quantitative estimate of drug-likeness (QED) is 0.738. The minimum Gasteiger partial charge on any atom is -0.475 e. The largest absolute Gasteiger partial charge is 0.475 e. The van der Waals surface area contributed by atoms with Crippen LogP contribution in [0.5, 0.6) is 0 Å². The molecule has 0 radical (unpaired) electrons. The Kier molecular flexibility index (Phi) is 4.64. The predicted octanol–water partition coefficient (Wildman–Crippen LogP) is 2.36. The molecule has 0 saturated carbocycles. The summed E-state index contributed by atoms with van der Waals surface area (Å²) in [6, 6.07) is 8.69. The van der Waals surface area contributed by atoms with Crippen LogP contribution in [0.15, 0.2) is 47.2 Å². The first-order chi connectivity index (χ1) is 13.5. The molecular formula is C19H19N5O4. The summed E-state index contributed by atoms with van der Waals surface area (Å²) in [4.78, 5) is 27.6. The first-order valence-corrected chi connectivity index (χ1v) is 9.01. The van der Waals surface area contributed by atoms with Crippen LogP contribution in [-0.2, 0) is 0 Å². The Bertz CT molecular complexity index is 997. The molecule has 9 nitrogen and oxygen atoms in total. The Morgan fingerprint density at radius 2 is 1.93 bits per heavy atom. The summed E-state index contributed by atoms with van der Waals surface area (Å²) in [6.45, 7) is 2.45. The fourth-order valence-corrected chi connectivity index (χ4v) is 3.54. The molecule has 1 aliphatic heterocycles. The number of hydrogen-bond acceptors (Lipinski definition) is 6. The Morgan fingerprint density at radius 1 is 1.18 bits per heavy atom. The SMILES string of the molecule is C[C@@H]1CC[C@@H](c2cc(C(=O)O)on2)CN1C(=O)c1ccccc1-n1nccn1. The number of piperidine rings is 1. The first-order valence-electron chi connectivity index (χ1n) is 9.01. The van der Waals surface area contributed by atoms with Gasteiger partial charge in [-0.2, -0.15) is 15.0 Å². The summed E-state index contributed by atoms with van der Waals surface area (Å²) in [5, 5.41) is 21.2. The summed E-state index contributed by atoms with van der Waals surface area (Å²) >= 11 is 0. The van der Waals surface area contributed by atoms with Crippen molar-refractivity contribution in [3.05, 3.63) is 59.7 Å². The zero-order valence-corrected chi connectivity index (χ0v) is 15.2. The highest BCUT2D eigenvalue weighted by Gasteiger charge is 2.33. The van der Waals surface area contributed by atoms with Gasteiger partial charge in [-0.25, -0.2) is 4.79 Å². The van der Waals surface area contributed by atoms with E-state index in [4.69, 9.17) is 9.63 Å². The van der Waals surface area contributed by atoms with Crippen molar-refractivity contribution in [2.75, 3.05) is 6.54 Å². The van der Waals surface area contributed by atoms with Crippen molar-refractivity contribution in [3.63, 3.8) is 0 Å². The van der Waals surface area contributed by atoms with E-state index in [1.54, 1.807) is 29.4 Å². The highest BCUT2D eigenvalue weighted by Crippen LogP contribution is 2.31. The third-order valence-corrected chi connectivity index (χ3v) is 5.07. The highest BCUT2D eigenvalue weighted by molar-refractivity contribution is 5.98. The van der Waals surface area contributed by atoms with Crippen molar-refractivity contribution < 1.29 is 19.2 Å². The van der Waals surface area contributed by atoms with Crippen LogP contribution in [0.3, 0.4) is 0 Å². The van der Waals surface area contributed by atoms with Crippen LogP contribution in [-0.4, -0.2) is 54.6 Å². The summed E-state index contributed by atoms with van der Waals surface area (Å²) in [5.74, 6) is -1.54. The molecule has 28 heavy (non-hydrogen) atoms. The van der Waals surface area contributed by atoms with E-state index in [-0.39, 0.29) is 23.6 Å². The molecule has 1 aromatic carbocycles. The Morgan fingerprint density at radius 3 is 2.64 bits per heavy atom. The van der Waals surface area contributed by atoms with Gasteiger partial charge in [-0.05, 0) is 31.9 Å². The smallest absolute Gasteiger partial charge is 0.374 e. The monoisotopic (exact) mass is 381 g/mol. The van der Waals surface area contributed by atoms with Gasteiger partial charge in [0.05, 0.1) is 29.3 Å². The molecule has 1 saturated heterocycles. The van der Waals surface area contributed by atoms with Gasteiger partial charge in [0, 0.05) is 24.6 Å². The van der Waals surface area contributed by atoms with E-state index in [1.807, 2.05) is 19.1 Å². The van der Waals surface area contributed by atoms with E-state index in [1.165, 1.54) is 10.9 Å². The van der Waals surface area contributed by atoms with E-state index < -0.39 is 5.97 Å². The van der Waals surface area contributed by atoms with Gasteiger partial charge in [-0.15, -0.1) is 0 Å². The van der Waals surface area contributed by atoms with Gasteiger partial charge in [0.2, 0.25) is 5.76 Å². The third kappa shape index (κ3) is 3.26. The number of hydrogen-bond donors (Lipinski definition) is 1. The van der Waals surface area contributed by atoms with Crippen molar-refractivity contribution in [2.45, 2.75) is 31.7 Å². The topological polar surface area (TPSA) is 114 Å². The van der Waals surface area contributed by atoms with E-state index in [9.17, 15) is 9.59 Å². The number of carboxylic acid groups (broad SMARTS) is 1. The molecule has 0 spiro atoms. The van der Waals surface area contributed by atoms with E-state index in [0.29, 0.717) is 23.5 Å². The number of carbonyl (C=O) groups excluding carboxylic acids is 1. The van der Waals surface area contributed by atoms with Crippen LogP contribution in [0.1, 0.15) is 52.3 Å². The van der Waals surface area contributed by atoms with Crippen molar-refractivity contribution in [1.29, 1.82) is 0 Å². The van der Waals surface area contributed by atoms with Gasteiger partial charge in [-0.1, -0.05) is 17.3 Å². The van der Waals surface area contributed by atoms with E-state index in [2.05, 4.69) is 15.4 Å². The average molecular weight is 381 g/mol. The lowest BCUT2D eigenvalue weighted by atomic mass is 9.90. The summed E-state index contributed by atoms with van der Waals surface area (Å²) in [6.07, 6.45) is 4.71. The molecule has 1 N–H and O–H groups in total.